The van der Waals surface area contributed by atoms with Crippen molar-refractivity contribution in [2.45, 2.75) is 5.41 Å². The minimum absolute atomic E-state index is 0.273. The fourth-order valence-electron chi connectivity index (χ4n) is 8.19. The van der Waals surface area contributed by atoms with E-state index in [1.807, 2.05) is 0 Å². The molecular formula is C65H45N. The van der Waals surface area contributed by atoms with Crippen molar-refractivity contribution in [3.63, 3.8) is 0 Å². The molecule has 0 saturated heterocycles. The lowest BCUT2D eigenvalue weighted by atomic mass is 9.67. The average molecular weight is 876 g/mol. The number of rotatable bonds is 9. The van der Waals surface area contributed by atoms with Gasteiger partial charge in [-0.3, -0.25) is 0 Å². The highest BCUT2D eigenvalue weighted by Crippen LogP contribution is 2.57. The fraction of sp³-hybridized carbons (Fsp3) is 0.0154. The number of hydrogen-bond donors (Lipinski definition) is 0. The van der Waals surface area contributed by atoms with Gasteiger partial charge in [-0.1, -0.05) is 242 Å². The molecule has 1 aliphatic rings. The van der Waals surface area contributed by atoms with Gasteiger partial charge in [-0.05, 0) is 113 Å². The monoisotopic (exact) mass is 876 g/mol. The lowest BCUT2D eigenvalue weighted by Gasteiger charge is -2.35. The Labute approximate surface area is 437 Å². The van der Waals surface area contributed by atoms with Crippen LogP contribution in [-0.2, 0) is 5.41 Å². The molecule has 0 aliphatic heterocycles. The van der Waals surface area contributed by atoms with Crippen molar-refractivity contribution in [1.82, 2.24) is 0 Å². The van der Waals surface area contributed by atoms with E-state index in [2.05, 4.69) is 0 Å². The number of para-hydroxylation sites is 1. The quantitative estimate of drug-likeness (QED) is 0.140. The van der Waals surface area contributed by atoms with Crippen molar-refractivity contribution < 1.29 is 49.3 Å². The van der Waals surface area contributed by atoms with E-state index in [9.17, 15) is 23.3 Å². The van der Waals surface area contributed by atoms with E-state index in [-0.39, 0.29) is 16.7 Å². The van der Waals surface area contributed by atoms with Crippen LogP contribution in [0, 0.1) is 0 Å². The van der Waals surface area contributed by atoms with Gasteiger partial charge in [-0.2, -0.15) is 0 Å². The molecule has 11 aromatic rings. The fourth-order valence-corrected chi connectivity index (χ4v) is 8.19. The first kappa shape index (κ1) is 16.8. The lowest BCUT2D eigenvalue weighted by molar-refractivity contribution is 0.768. The Bertz CT molecular complexity index is 5660. The van der Waals surface area contributed by atoms with Gasteiger partial charge < -0.3 is 4.90 Å². The standard InChI is InChI=1S/C65H45N/c1-5-19-46(20-6-1)47-33-35-51(36-34-47)64-57-29-14-13-23-49(57)39-43-58(64)50-37-40-54(41-38-50)66(63-32-18-16-28-56(63)48-21-7-2-8-22-48)55-42-44-60-59-30-15-17-31-61(59)65(62(60)45-55,52-24-9-3-10-25-52)53-26-11-4-12-27-53/h1-45H/i1D,2D,3D,4D,5D,6D,7D,8D,9D,10D,11D,13D,14D,15D,16D,17D,18D,19D,20D,21D,23D,24D,28D,29D,30D,31D,32D,33D,37D,38D,39D,40D,42D,43D,44D,45D. The van der Waals surface area contributed by atoms with Crippen molar-refractivity contribution in [2.24, 2.45) is 0 Å². The van der Waals surface area contributed by atoms with Crippen LogP contribution in [-0.4, -0.2) is 0 Å². The first-order valence-corrected chi connectivity index (χ1v) is 19.9. The molecule has 0 N–H and O–H groups in total. The molecule has 1 unspecified atom stereocenters. The van der Waals surface area contributed by atoms with Crippen molar-refractivity contribution in [2.75, 3.05) is 4.90 Å². The van der Waals surface area contributed by atoms with Crippen LogP contribution in [0.3, 0.4) is 0 Å². The van der Waals surface area contributed by atoms with Crippen molar-refractivity contribution in [3.8, 4) is 55.6 Å². The zero-order valence-electron chi connectivity index (χ0n) is 69.6. The summed E-state index contributed by atoms with van der Waals surface area (Å²) in [4.78, 5) is 0.505. The molecule has 11 aromatic carbocycles. The Morgan fingerprint density at radius 2 is 1.00 bits per heavy atom. The Hall–Kier alpha value is -8.52. The predicted octanol–water partition coefficient (Wildman–Crippen LogP) is 17.3. The third-order valence-corrected chi connectivity index (χ3v) is 11.0. The number of anilines is 3. The molecule has 66 heavy (non-hydrogen) atoms. The van der Waals surface area contributed by atoms with E-state index in [1.165, 1.54) is 0 Å². The summed E-state index contributed by atoms with van der Waals surface area (Å²) >= 11 is 0. The molecule has 0 heterocycles. The summed E-state index contributed by atoms with van der Waals surface area (Å²) in [6, 6.07) is -24.8. The largest absolute Gasteiger partial charge is 0.310 e. The molecule has 0 fully saturated rings. The third-order valence-electron chi connectivity index (χ3n) is 11.0. The van der Waals surface area contributed by atoms with E-state index < -0.39 is 312 Å². The van der Waals surface area contributed by atoms with E-state index in [1.54, 1.807) is 0 Å². The highest BCUT2D eigenvalue weighted by molar-refractivity contribution is 6.04. The Morgan fingerprint density at radius 3 is 1.89 bits per heavy atom. The maximum absolute atomic E-state index is 10.9. The second kappa shape index (κ2) is 16.6. The van der Waals surface area contributed by atoms with E-state index >= 15 is 0 Å². The van der Waals surface area contributed by atoms with Crippen molar-refractivity contribution in [3.05, 3.63) is 294 Å². The predicted molar refractivity (Wildman–Crippen MR) is 278 cm³/mol. The van der Waals surface area contributed by atoms with Gasteiger partial charge in [0.25, 0.3) is 0 Å². The van der Waals surface area contributed by atoms with Crippen molar-refractivity contribution in [1.29, 1.82) is 0 Å². The topological polar surface area (TPSA) is 3.24 Å². The second-order valence-electron chi connectivity index (χ2n) is 14.4. The average Bonchev–Trinajstić information content (AvgIpc) is 1.49. The summed E-state index contributed by atoms with van der Waals surface area (Å²) in [5.41, 5.74) is -14.5. The van der Waals surface area contributed by atoms with Gasteiger partial charge in [0, 0.05) is 16.9 Å². The van der Waals surface area contributed by atoms with Gasteiger partial charge in [-0.25, -0.2) is 0 Å². The molecule has 1 aliphatic carbocycles. The molecule has 0 bridgehead atoms. The molecule has 1 heteroatoms. The molecule has 0 saturated carbocycles. The molecule has 310 valence electrons. The van der Waals surface area contributed by atoms with E-state index in [0.29, 0.717) is 11.0 Å². The van der Waals surface area contributed by atoms with Gasteiger partial charge in [0.2, 0.25) is 0 Å². The van der Waals surface area contributed by atoms with Crippen LogP contribution in [0.1, 0.15) is 71.6 Å². The molecule has 1 nitrogen and oxygen atoms in total. The molecule has 0 spiro atoms. The summed E-state index contributed by atoms with van der Waals surface area (Å²) in [7, 11) is 0. The van der Waals surface area contributed by atoms with Crippen LogP contribution in [0.4, 0.5) is 17.1 Å². The molecule has 12 rings (SSSR count). The molecule has 0 amide bonds. The Morgan fingerprint density at radius 1 is 0.333 bits per heavy atom. The molecule has 0 aromatic heterocycles. The number of fused-ring (bicyclic) bond motifs is 4. The normalized spacial score (nSPS) is 21.5. The van der Waals surface area contributed by atoms with E-state index in [0.717, 1.165) is 48.5 Å². The van der Waals surface area contributed by atoms with Crippen LogP contribution in [0.25, 0.3) is 66.4 Å². The summed E-state index contributed by atoms with van der Waals surface area (Å²) < 4.78 is 333. The number of hydrogen-bond acceptors (Lipinski definition) is 1. The zero-order valence-corrected chi connectivity index (χ0v) is 33.6. The SMILES string of the molecule is [2H]c1ccc(C2(c3cc([2H])c([2H])c([2H])c3[2H])c3c([2H])c([2H])c([2H])c([2H])c3-c3c([2H])c([2H])c(N(c4cc([2H])c(-c5c([2H])c([2H])c6c([2H])c([2H])c([2H])c([2H])c6c5-c5ccc(-c6c([2H])c([2H])c([2H])c([2H])c6[2H])c([2H])c5)c([2H])c4[2H])c4c([2H])c([2H])c([2H])c([2H])c4-c4cc([2H])c([2H])c([2H])c4[2H])c([2H])c32)cc1[2H]. The highest BCUT2D eigenvalue weighted by atomic mass is 15.1. The minimum atomic E-state index is -2.83. The van der Waals surface area contributed by atoms with Gasteiger partial charge in [-0.15, -0.1) is 0 Å². The minimum Gasteiger partial charge on any atom is -0.310 e. The first-order chi connectivity index (χ1) is 47.7. The summed E-state index contributed by atoms with van der Waals surface area (Å²) in [6.07, 6.45) is 0. The zero-order chi connectivity index (χ0) is 75.2. The van der Waals surface area contributed by atoms with Gasteiger partial charge >= 0.3 is 0 Å². The number of benzene rings is 11. The van der Waals surface area contributed by atoms with Crippen LogP contribution < -0.4 is 4.90 Å². The lowest BCUT2D eigenvalue weighted by Crippen LogP contribution is -2.28. The summed E-state index contributed by atoms with van der Waals surface area (Å²) in [5, 5.41) is -1.17. The Kier molecular flexibility index (Phi) is 4.21. The van der Waals surface area contributed by atoms with Gasteiger partial charge in [0.15, 0.2) is 0 Å². The van der Waals surface area contributed by atoms with Gasteiger partial charge in [0.05, 0.1) is 60.4 Å². The van der Waals surface area contributed by atoms with Crippen LogP contribution >= 0.6 is 0 Å². The molecule has 1 atom stereocenters. The highest BCUT2D eigenvalue weighted by Gasteiger charge is 2.46. The first-order valence-electron chi connectivity index (χ1n) is 37.9. The third kappa shape index (κ3) is 6.56. The number of nitrogens with zero attached hydrogens (tertiary/aromatic N) is 1. The van der Waals surface area contributed by atoms with Crippen LogP contribution in [0.15, 0.2) is 272 Å². The van der Waals surface area contributed by atoms with Crippen LogP contribution in [0.2, 0.25) is 0 Å². The maximum atomic E-state index is 10.9. The smallest absolute Gasteiger partial charge is 0.0714 e. The maximum Gasteiger partial charge on any atom is 0.0714 e. The summed E-state index contributed by atoms with van der Waals surface area (Å²) in [6.45, 7) is 0. The molecule has 0 radical (unpaired) electrons. The van der Waals surface area contributed by atoms with Crippen LogP contribution in [0.5, 0.6) is 0 Å². The van der Waals surface area contributed by atoms with E-state index in [4.69, 9.17) is 26.0 Å². The Balaban J connectivity index is 1.29. The summed E-state index contributed by atoms with van der Waals surface area (Å²) in [5.74, 6) is 0. The van der Waals surface area contributed by atoms with Crippen molar-refractivity contribution >= 4 is 27.8 Å². The second-order valence-corrected chi connectivity index (χ2v) is 14.4. The molecular weight excluding hydrogens is 795 g/mol. The van der Waals surface area contributed by atoms with Gasteiger partial charge in [0.1, 0.15) is 0 Å².